The van der Waals surface area contributed by atoms with Crippen LogP contribution in [0.1, 0.15) is 37.3 Å². The summed E-state index contributed by atoms with van der Waals surface area (Å²) in [4.78, 5) is 13.7. The van der Waals surface area contributed by atoms with Crippen LogP contribution in [0.2, 0.25) is 5.02 Å². The van der Waals surface area contributed by atoms with Gasteiger partial charge in [-0.05, 0) is 47.6 Å². The van der Waals surface area contributed by atoms with E-state index in [0.29, 0.717) is 16.8 Å². The van der Waals surface area contributed by atoms with Gasteiger partial charge in [0.05, 0.1) is 14.3 Å². The minimum Gasteiger partial charge on any atom is -0.372 e. The van der Waals surface area contributed by atoms with Crippen LogP contribution in [-0.2, 0) is 0 Å². The van der Waals surface area contributed by atoms with Crippen LogP contribution in [0.5, 0.6) is 0 Å². The summed E-state index contributed by atoms with van der Waals surface area (Å²) in [6.07, 6.45) is 6.63. The molecule has 3 rings (SSSR count). The molecular formula is C15H16ClIN4. The summed E-state index contributed by atoms with van der Waals surface area (Å²) in [6.45, 7) is 0. The molecule has 0 saturated heterocycles. The third-order valence-electron chi connectivity index (χ3n) is 3.81. The van der Waals surface area contributed by atoms with Crippen LogP contribution in [0.15, 0.2) is 18.3 Å². The molecule has 1 aliphatic rings. The summed E-state index contributed by atoms with van der Waals surface area (Å²) >= 11 is 8.24. The van der Waals surface area contributed by atoms with Gasteiger partial charge >= 0.3 is 0 Å². The van der Waals surface area contributed by atoms with Crippen LogP contribution in [0, 0.1) is 3.57 Å². The van der Waals surface area contributed by atoms with Crippen molar-refractivity contribution in [3.8, 4) is 11.5 Å². The summed E-state index contributed by atoms with van der Waals surface area (Å²) in [5, 5.41) is 3.79. The number of hydrogen-bond acceptors (Lipinski definition) is 4. The number of aromatic nitrogens is 3. The Balaban J connectivity index is 2.08. The highest BCUT2D eigenvalue weighted by atomic mass is 127. The molecule has 2 heterocycles. The number of rotatable bonds is 3. The van der Waals surface area contributed by atoms with Crippen LogP contribution in [0.3, 0.4) is 0 Å². The Hall–Kier alpha value is -0.950. The molecule has 0 atom stereocenters. The van der Waals surface area contributed by atoms with Crippen LogP contribution < -0.4 is 5.32 Å². The summed E-state index contributed by atoms with van der Waals surface area (Å²) in [5.41, 5.74) is 1.91. The zero-order chi connectivity index (χ0) is 14.8. The Bertz CT molecular complexity index is 639. The Kier molecular flexibility index (Phi) is 4.59. The van der Waals surface area contributed by atoms with Gasteiger partial charge in [-0.15, -0.1) is 0 Å². The third-order valence-corrected chi connectivity index (χ3v) is 5.10. The Morgan fingerprint density at radius 1 is 1.24 bits per heavy atom. The highest BCUT2D eigenvalue weighted by Crippen LogP contribution is 2.37. The lowest BCUT2D eigenvalue weighted by atomic mass is 10.0. The van der Waals surface area contributed by atoms with Gasteiger partial charge in [0.1, 0.15) is 11.5 Å². The van der Waals surface area contributed by atoms with Gasteiger partial charge in [0.15, 0.2) is 5.82 Å². The van der Waals surface area contributed by atoms with Gasteiger partial charge in [-0.3, -0.25) is 4.98 Å². The second-order valence-corrected chi connectivity index (χ2v) is 6.70. The van der Waals surface area contributed by atoms with Crippen molar-refractivity contribution in [2.45, 2.75) is 31.6 Å². The summed E-state index contributed by atoms with van der Waals surface area (Å²) in [7, 11) is 1.89. The van der Waals surface area contributed by atoms with Crippen molar-refractivity contribution < 1.29 is 0 Å². The Morgan fingerprint density at radius 3 is 2.62 bits per heavy atom. The van der Waals surface area contributed by atoms with E-state index in [1.54, 1.807) is 6.20 Å². The largest absolute Gasteiger partial charge is 0.372 e. The van der Waals surface area contributed by atoms with Crippen molar-refractivity contribution in [2.24, 2.45) is 0 Å². The second-order valence-electron chi connectivity index (χ2n) is 5.19. The SMILES string of the molecule is CNc1nc(-c2ccc(Cl)cn2)nc(C2CCCC2)c1I. The van der Waals surface area contributed by atoms with Crippen LogP contribution in [-0.4, -0.2) is 22.0 Å². The first-order chi connectivity index (χ1) is 10.2. The molecule has 1 aliphatic carbocycles. The van der Waals surface area contributed by atoms with Crippen molar-refractivity contribution >= 4 is 40.0 Å². The topological polar surface area (TPSA) is 50.7 Å². The van der Waals surface area contributed by atoms with E-state index in [1.807, 2.05) is 19.2 Å². The standard InChI is InChI=1S/C15H16ClIN4/c1-18-15-12(17)13(9-4-2-3-5-9)20-14(21-15)11-7-6-10(16)8-19-11/h6-9H,2-5H2,1H3,(H,18,20,21). The fraction of sp³-hybridized carbons (Fsp3) is 0.400. The molecule has 4 nitrogen and oxygen atoms in total. The van der Waals surface area contributed by atoms with E-state index < -0.39 is 0 Å². The van der Waals surface area contributed by atoms with Gasteiger partial charge in [-0.25, -0.2) is 9.97 Å². The number of pyridine rings is 1. The van der Waals surface area contributed by atoms with E-state index in [0.717, 1.165) is 20.8 Å². The molecule has 2 aromatic heterocycles. The summed E-state index contributed by atoms with van der Waals surface area (Å²) < 4.78 is 1.12. The van der Waals surface area contributed by atoms with E-state index in [-0.39, 0.29) is 0 Å². The maximum atomic E-state index is 5.90. The molecule has 0 bridgehead atoms. The molecule has 0 spiro atoms. The van der Waals surface area contributed by atoms with E-state index in [1.165, 1.54) is 25.7 Å². The van der Waals surface area contributed by atoms with Crippen molar-refractivity contribution in [1.29, 1.82) is 0 Å². The van der Waals surface area contributed by atoms with Gasteiger partial charge in [-0.1, -0.05) is 24.4 Å². The molecule has 0 aromatic carbocycles. The number of halogens is 2. The zero-order valence-electron chi connectivity index (χ0n) is 11.7. The molecule has 2 aromatic rings. The van der Waals surface area contributed by atoms with Gasteiger partial charge in [-0.2, -0.15) is 0 Å². The molecule has 1 fully saturated rings. The van der Waals surface area contributed by atoms with Gasteiger partial charge in [0.2, 0.25) is 0 Å². The lowest BCUT2D eigenvalue weighted by molar-refractivity contribution is 0.690. The quantitative estimate of drug-likeness (QED) is 0.752. The van der Waals surface area contributed by atoms with E-state index in [9.17, 15) is 0 Å². The third kappa shape index (κ3) is 3.13. The monoisotopic (exact) mass is 414 g/mol. The number of nitrogens with zero attached hydrogens (tertiary/aromatic N) is 3. The average molecular weight is 415 g/mol. The average Bonchev–Trinajstić information content (AvgIpc) is 3.02. The lowest BCUT2D eigenvalue weighted by Crippen LogP contribution is -2.08. The van der Waals surface area contributed by atoms with Gasteiger partial charge in [0.25, 0.3) is 0 Å². The maximum absolute atomic E-state index is 5.90. The Labute approximate surface area is 142 Å². The second kappa shape index (κ2) is 6.44. The number of nitrogens with one attached hydrogen (secondary N) is 1. The molecule has 0 unspecified atom stereocenters. The molecular weight excluding hydrogens is 399 g/mol. The van der Waals surface area contributed by atoms with Gasteiger partial charge in [0, 0.05) is 19.2 Å². The van der Waals surface area contributed by atoms with Gasteiger partial charge < -0.3 is 5.32 Å². The first kappa shape index (κ1) is 15.0. The molecule has 6 heteroatoms. The fourth-order valence-corrected chi connectivity index (χ4v) is 3.79. The summed E-state index contributed by atoms with van der Waals surface area (Å²) in [5.74, 6) is 2.08. The Morgan fingerprint density at radius 2 is 2.00 bits per heavy atom. The number of hydrogen-bond donors (Lipinski definition) is 1. The minimum absolute atomic E-state index is 0.540. The molecule has 1 N–H and O–H groups in total. The molecule has 1 saturated carbocycles. The molecule has 0 aliphatic heterocycles. The lowest BCUT2D eigenvalue weighted by Gasteiger charge is -2.15. The van der Waals surface area contributed by atoms with Crippen molar-refractivity contribution in [1.82, 2.24) is 15.0 Å². The summed E-state index contributed by atoms with van der Waals surface area (Å²) in [6, 6.07) is 3.68. The van der Waals surface area contributed by atoms with Crippen molar-refractivity contribution in [2.75, 3.05) is 12.4 Å². The molecule has 0 amide bonds. The van der Waals surface area contributed by atoms with E-state index in [4.69, 9.17) is 16.6 Å². The molecule has 0 radical (unpaired) electrons. The number of anilines is 1. The minimum atomic E-state index is 0.540. The van der Waals surface area contributed by atoms with Crippen molar-refractivity contribution in [3.63, 3.8) is 0 Å². The van der Waals surface area contributed by atoms with Crippen LogP contribution in [0.25, 0.3) is 11.5 Å². The first-order valence-electron chi connectivity index (χ1n) is 7.06. The fourth-order valence-electron chi connectivity index (χ4n) is 2.72. The highest BCUT2D eigenvalue weighted by molar-refractivity contribution is 14.1. The highest BCUT2D eigenvalue weighted by Gasteiger charge is 2.24. The predicted octanol–water partition coefficient (Wildman–Crippen LogP) is 4.50. The van der Waals surface area contributed by atoms with E-state index >= 15 is 0 Å². The van der Waals surface area contributed by atoms with Crippen molar-refractivity contribution in [3.05, 3.63) is 32.6 Å². The maximum Gasteiger partial charge on any atom is 0.180 e. The van der Waals surface area contributed by atoms with Crippen LogP contribution >= 0.6 is 34.2 Å². The molecule has 21 heavy (non-hydrogen) atoms. The van der Waals surface area contributed by atoms with Crippen LogP contribution in [0.4, 0.5) is 5.82 Å². The first-order valence-corrected chi connectivity index (χ1v) is 8.52. The normalized spacial score (nSPS) is 15.4. The van der Waals surface area contributed by atoms with E-state index in [2.05, 4.69) is 37.9 Å². The predicted molar refractivity (Wildman–Crippen MR) is 93.7 cm³/mol. The molecule has 110 valence electrons. The zero-order valence-corrected chi connectivity index (χ0v) is 14.6. The smallest absolute Gasteiger partial charge is 0.180 e.